The molecule has 0 bridgehead atoms. The Kier molecular flexibility index (Phi) is 9.58. The molecule has 0 aliphatic rings. The fourth-order valence-electron chi connectivity index (χ4n) is 7.29. The van der Waals surface area contributed by atoms with Gasteiger partial charge in [0.15, 0.2) is 0 Å². The van der Waals surface area contributed by atoms with Gasteiger partial charge in [-0.05, 0) is 130 Å². The zero-order valence-corrected chi connectivity index (χ0v) is 37.3. The summed E-state index contributed by atoms with van der Waals surface area (Å²) < 4.78 is 136. The van der Waals surface area contributed by atoms with Crippen molar-refractivity contribution in [2.45, 2.75) is 77.8 Å². The second kappa shape index (κ2) is 19.5. The largest absolute Gasteiger partial charge is 3.00 e. The van der Waals surface area contributed by atoms with E-state index in [2.05, 4.69) is 33.2 Å². The zero-order chi connectivity index (χ0) is 53.3. The van der Waals surface area contributed by atoms with Gasteiger partial charge in [0.05, 0.1) is 5.58 Å². The maximum atomic E-state index is 14.2. The van der Waals surface area contributed by atoms with E-state index in [0.717, 1.165) is 24.4 Å². The van der Waals surface area contributed by atoms with Crippen molar-refractivity contribution in [3.05, 3.63) is 208 Å². The molecule has 0 amide bonds. The van der Waals surface area contributed by atoms with Crippen molar-refractivity contribution in [2.75, 3.05) is 0 Å². The van der Waals surface area contributed by atoms with E-state index < -0.39 is 60.7 Å². The normalized spacial score (nSPS) is 15.7. The van der Waals surface area contributed by atoms with Gasteiger partial charge < -0.3 is 19.4 Å². The maximum Gasteiger partial charge on any atom is 3.00 e. The second-order valence-corrected chi connectivity index (χ2v) is 15.5. The smallest absolute Gasteiger partial charge is 0.501 e. The molecule has 4 heterocycles. The molecular weight excluding hydrogens is 954 g/mol. The number of hydrogen-bond acceptors (Lipinski definition) is 4. The van der Waals surface area contributed by atoms with Crippen molar-refractivity contribution in [2.24, 2.45) is 0 Å². The standard InChI is InChI=1S/C57H49FN3O.Ir/c1-37(2)50-32-54(43-12-7-5-8-13-43)60-35-45(50)23-20-41-28-40(29-42(30-41)21-24-46-36-61-55(33-51(46)38(3)4)44-14-9-6-10-15-44)19-18-39-22-26-53(59-34-39)49-17-11-16-48-52-31-47(58)25-27-56(52)62-57(48)49;/h5-12,14,16,22,25-38H,18-21,23-24H2,1-4H3;/q-3;+3/i18D2,19D2,20D2,21D2,23D2,24D2;. The number of halogens is 1. The van der Waals surface area contributed by atoms with Crippen molar-refractivity contribution in [3.8, 4) is 33.8 Å². The molecule has 4 aromatic heterocycles. The van der Waals surface area contributed by atoms with Crippen LogP contribution in [0.5, 0.6) is 0 Å². The summed E-state index contributed by atoms with van der Waals surface area (Å²) in [6.07, 6.45) is -14.7. The van der Waals surface area contributed by atoms with Gasteiger partial charge in [-0.3, -0.25) is 0 Å². The van der Waals surface area contributed by atoms with Crippen LogP contribution in [0.3, 0.4) is 0 Å². The monoisotopic (exact) mass is 1020 g/mol. The molecule has 6 heteroatoms. The summed E-state index contributed by atoms with van der Waals surface area (Å²) in [5.41, 5.74) is 2.19. The van der Waals surface area contributed by atoms with Crippen molar-refractivity contribution in [1.82, 2.24) is 15.0 Å². The van der Waals surface area contributed by atoms with Gasteiger partial charge in [0.2, 0.25) is 0 Å². The summed E-state index contributed by atoms with van der Waals surface area (Å²) in [5.74, 6) is -1.16. The van der Waals surface area contributed by atoms with Crippen molar-refractivity contribution in [1.29, 1.82) is 0 Å². The molecule has 0 atom stereocenters. The molecule has 5 aromatic carbocycles. The summed E-state index contributed by atoms with van der Waals surface area (Å²) in [6, 6.07) is 40.0. The molecule has 9 aromatic rings. The van der Waals surface area contributed by atoms with E-state index in [1.165, 1.54) is 42.7 Å². The number of nitrogens with zero attached hydrogens (tertiary/aromatic N) is 3. The van der Waals surface area contributed by atoms with Gasteiger partial charge in [-0.25, -0.2) is 4.39 Å². The Morgan fingerprint density at radius 1 is 0.540 bits per heavy atom. The average Bonchev–Trinajstić information content (AvgIpc) is 3.76. The van der Waals surface area contributed by atoms with Crippen LogP contribution in [0, 0.1) is 24.0 Å². The van der Waals surface area contributed by atoms with E-state index in [1.807, 2.05) is 27.7 Å². The molecule has 314 valence electrons. The first kappa shape index (κ1) is 30.9. The molecule has 0 fully saturated rings. The third-order valence-electron chi connectivity index (χ3n) is 10.5. The van der Waals surface area contributed by atoms with Crippen molar-refractivity contribution >= 4 is 21.9 Å². The van der Waals surface area contributed by atoms with Crippen LogP contribution < -0.4 is 0 Å². The minimum absolute atomic E-state index is 0. The van der Waals surface area contributed by atoms with Crippen LogP contribution in [0.4, 0.5) is 4.39 Å². The second-order valence-electron chi connectivity index (χ2n) is 15.5. The Balaban J connectivity index is 0.00000747. The van der Waals surface area contributed by atoms with E-state index in [9.17, 15) is 20.8 Å². The minimum Gasteiger partial charge on any atom is -0.501 e. The minimum atomic E-state index is -3.15. The number of fused-ring (bicyclic) bond motifs is 3. The molecule has 9 rings (SSSR count). The maximum absolute atomic E-state index is 14.2. The fourth-order valence-corrected chi connectivity index (χ4v) is 7.29. The summed E-state index contributed by atoms with van der Waals surface area (Å²) in [4.78, 5) is 13.5. The van der Waals surface area contributed by atoms with E-state index >= 15 is 0 Å². The quantitative estimate of drug-likeness (QED) is 0.102. The zero-order valence-electron chi connectivity index (χ0n) is 46.9. The van der Waals surface area contributed by atoms with Gasteiger partial charge in [-0.1, -0.05) is 81.1 Å². The fraction of sp³-hybridized carbons (Fsp3) is 0.211. The molecule has 0 saturated carbocycles. The summed E-state index contributed by atoms with van der Waals surface area (Å²) in [5, 5.41) is 1.12. The van der Waals surface area contributed by atoms with E-state index in [0.29, 0.717) is 61.1 Å². The SMILES string of the molecule is [2H]C([2H])(c1ccc(-c2[c-]ccc3c2oc2ccc(F)cc23)nc1)C([2H])([2H])c1cc(C([2H])([2H])C([2H])([2H])c2cnc(-c3[c-]cccc3)cc2C(C)C)cc(C([2H])([2H])C([2H])([2H])c2cnc(-c3[c-]cccc3)cc2C(C)C)c1.[Ir+3]. The molecule has 63 heavy (non-hydrogen) atoms. The molecule has 0 radical (unpaired) electrons. The molecule has 0 spiro atoms. The topological polar surface area (TPSA) is 51.8 Å². The third-order valence-corrected chi connectivity index (χ3v) is 10.5. The molecular formula is C57H49FIrN3O. The van der Waals surface area contributed by atoms with Crippen LogP contribution >= 0.6 is 0 Å². The van der Waals surface area contributed by atoms with Crippen LogP contribution in [0.1, 0.15) is 100 Å². The van der Waals surface area contributed by atoms with Crippen LogP contribution in [0.15, 0.2) is 144 Å². The Labute approximate surface area is 400 Å². The van der Waals surface area contributed by atoms with Gasteiger partial charge >= 0.3 is 20.1 Å². The number of pyridine rings is 3. The van der Waals surface area contributed by atoms with E-state index in [1.54, 1.807) is 72.8 Å². The number of furan rings is 1. The Morgan fingerprint density at radius 3 is 1.62 bits per heavy atom. The summed E-state index contributed by atoms with van der Waals surface area (Å²) in [7, 11) is 0. The average molecular weight is 1020 g/mol. The molecule has 0 aliphatic carbocycles. The van der Waals surface area contributed by atoms with Crippen molar-refractivity contribution < 1.29 is 45.4 Å². The number of rotatable bonds is 14. The van der Waals surface area contributed by atoms with E-state index in [-0.39, 0.29) is 54.3 Å². The first-order valence-corrected chi connectivity index (χ1v) is 20.4. The van der Waals surface area contributed by atoms with Gasteiger partial charge in [-0.15, -0.1) is 90.0 Å². The summed E-state index contributed by atoms with van der Waals surface area (Å²) in [6.45, 7) is 7.28. The Bertz CT molecular complexity index is 3420. The van der Waals surface area contributed by atoms with Crippen LogP contribution in [0.25, 0.3) is 55.7 Å². The van der Waals surface area contributed by atoms with E-state index in [4.69, 9.17) is 4.42 Å². The van der Waals surface area contributed by atoms with Gasteiger partial charge in [0, 0.05) is 40.4 Å². The number of aryl methyl sites for hydroxylation is 6. The van der Waals surface area contributed by atoms with Crippen LogP contribution in [-0.2, 0) is 58.3 Å². The number of aromatic nitrogens is 3. The predicted molar refractivity (Wildman–Crippen MR) is 250 cm³/mol. The first-order valence-electron chi connectivity index (χ1n) is 26.4. The van der Waals surface area contributed by atoms with Crippen LogP contribution in [-0.4, -0.2) is 15.0 Å². The Hall–Kier alpha value is -6.07. The van der Waals surface area contributed by atoms with Gasteiger partial charge in [0.25, 0.3) is 0 Å². The Morgan fingerprint density at radius 2 is 1.10 bits per heavy atom. The van der Waals surface area contributed by atoms with Gasteiger partial charge in [0.1, 0.15) is 11.4 Å². The molecule has 0 aliphatic heterocycles. The molecule has 0 unspecified atom stereocenters. The van der Waals surface area contributed by atoms with Crippen molar-refractivity contribution in [3.63, 3.8) is 0 Å². The number of hydrogen-bond donors (Lipinski definition) is 0. The number of benzene rings is 5. The first-order chi connectivity index (χ1) is 34.8. The predicted octanol–water partition coefficient (Wildman–Crippen LogP) is 13.9. The van der Waals surface area contributed by atoms with Gasteiger partial charge in [-0.2, -0.15) is 0 Å². The van der Waals surface area contributed by atoms with Crippen LogP contribution in [0.2, 0.25) is 0 Å². The molecule has 0 N–H and O–H groups in total. The third kappa shape index (κ3) is 9.94. The molecule has 0 saturated heterocycles. The molecule has 4 nitrogen and oxygen atoms in total. The summed E-state index contributed by atoms with van der Waals surface area (Å²) >= 11 is 0.